The van der Waals surface area contributed by atoms with Gasteiger partial charge in [-0.3, -0.25) is 0 Å². The van der Waals surface area contributed by atoms with Gasteiger partial charge in [-0.25, -0.2) is 0 Å². The zero-order valence-electron chi connectivity index (χ0n) is 29.6. The highest BCUT2D eigenvalue weighted by molar-refractivity contribution is 6.25. The lowest BCUT2D eigenvalue weighted by Crippen LogP contribution is -2.41. The molecule has 1 saturated heterocycles. The zero-order valence-corrected chi connectivity index (χ0v) is 24.6. The van der Waals surface area contributed by atoms with Crippen LogP contribution in [0, 0.1) is 0 Å². The van der Waals surface area contributed by atoms with E-state index in [1.807, 2.05) is 42.5 Å². The highest BCUT2D eigenvalue weighted by atomic mass is 16.7. The van der Waals surface area contributed by atoms with Crippen LogP contribution in [0.1, 0.15) is 46.4 Å². The second-order valence-corrected chi connectivity index (χ2v) is 12.4. The average Bonchev–Trinajstić information content (AvgIpc) is 3.31. The molecule has 0 amide bonds. The van der Waals surface area contributed by atoms with Crippen molar-refractivity contribution in [3.63, 3.8) is 0 Å². The van der Waals surface area contributed by atoms with E-state index >= 15 is 0 Å². The smallest absolute Gasteiger partial charge is 0.185 e. The summed E-state index contributed by atoms with van der Waals surface area (Å²) in [6, 6.07) is 31.5. The largest absolute Gasteiger partial charge is 0.339 e. The molecule has 2 heteroatoms. The first-order valence-electron chi connectivity index (χ1n) is 17.2. The molecule has 0 radical (unpaired) electrons. The lowest BCUT2D eigenvalue weighted by atomic mass is 9.83. The van der Waals surface area contributed by atoms with Gasteiger partial charge in [-0.2, -0.15) is 0 Å². The highest BCUT2D eigenvalue weighted by Crippen LogP contribution is 2.48. The summed E-state index contributed by atoms with van der Waals surface area (Å²) in [5.74, 6) is 0. The molecule has 8 rings (SSSR count). The van der Waals surface area contributed by atoms with Crippen molar-refractivity contribution in [1.29, 1.82) is 0 Å². The van der Waals surface area contributed by atoms with E-state index in [0.717, 1.165) is 59.8 Å². The highest BCUT2D eigenvalue weighted by Gasteiger charge is 2.49. The van der Waals surface area contributed by atoms with E-state index in [1.165, 1.54) is 0 Å². The molecule has 1 heterocycles. The van der Waals surface area contributed by atoms with E-state index in [0.29, 0.717) is 5.56 Å². The molecule has 7 aromatic rings. The van der Waals surface area contributed by atoms with Crippen molar-refractivity contribution < 1.29 is 16.3 Å². The molecule has 0 saturated carbocycles. The summed E-state index contributed by atoms with van der Waals surface area (Å²) in [7, 11) is 0. The van der Waals surface area contributed by atoms with E-state index < -0.39 is 23.5 Å². The van der Waals surface area contributed by atoms with E-state index in [9.17, 15) is 0 Å². The molecule has 0 bridgehead atoms. The van der Waals surface area contributed by atoms with Crippen LogP contribution in [0.25, 0.3) is 65.3 Å². The van der Waals surface area contributed by atoms with Crippen molar-refractivity contribution in [3.05, 3.63) is 133 Å². The molecule has 1 fully saturated rings. The molecule has 0 aromatic heterocycles. The van der Waals surface area contributed by atoms with Crippen molar-refractivity contribution in [1.82, 2.24) is 0 Å². The SMILES string of the molecule is [2H]c1c([2H])c([2H])c(-c2c3ccccc3c(-c3cc4ccccc4c4cc(C5OC(C)(C)C(C)(C)O5)ccc34)c3ccccc23)c([2H])c1[2H]. The van der Waals surface area contributed by atoms with Crippen LogP contribution in [0.15, 0.2) is 127 Å². The van der Waals surface area contributed by atoms with Gasteiger partial charge in [0.1, 0.15) is 0 Å². The standard InChI is InChI=1S/C41H34O2/c1-40(2)41(3,4)43-39(42-40)28-22-23-30-35(25-28)29-17-9-8-16-27(29)24-36(30)38-33-20-12-10-18-31(33)37(26-14-6-5-7-15-26)32-19-11-13-21-34(32)38/h5-25,39H,1-4H3/i5D,6D,7D,14D,15D. The summed E-state index contributed by atoms with van der Waals surface area (Å²) < 4.78 is 55.8. The first-order chi connectivity index (χ1) is 22.9. The molecule has 1 aliphatic heterocycles. The maximum Gasteiger partial charge on any atom is 0.185 e. The van der Waals surface area contributed by atoms with Crippen LogP contribution in [-0.4, -0.2) is 11.2 Å². The number of hydrogen-bond donors (Lipinski definition) is 0. The molecule has 0 atom stereocenters. The molecule has 210 valence electrons. The summed E-state index contributed by atoms with van der Waals surface area (Å²) in [5, 5.41) is 7.87. The van der Waals surface area contributed by atoms with Gasteiger partial charge in [0.15, 0.2) is 6.29 Å². The molecule has 43 heavy (non-hydrogen) atoms. The Morgan fingerprint density at radius 1 is 0.535 bits per heavy atom. The fourth-order valence-electron chi connectivity index (χ4n) is 6.52. The predicted octanol–water partition coefficient (Wildman–Crippen LogP) is 11.2. The molecule has 0 unspecified atom stereocenters. The van der Waals surface area contributed by atoms with Gasteiger partial charge in [0.05, 0.1) is 18.1 Å². The molecule has 0 aliphatic carbocycles. The van der Waals surface area contributed by atoms with Gasteiger partial charge < -0.3 is 9.47 Å². The van der Waals surface area contributed by atoms with Gasteiger partial charge >= 0.3 is 0 Å². The summed E-state index contributed by atoms with van der Waals surface area (Å²) in [5.41, 5.74) is 2.94. The van der Waals surface area contributed by atoms with E-state index in [4.69, 9.17) is 16.3 Å². The second-order valence-electron chi connectivity index (χ2n) is 12.4. The Kier molecular flexibility index (Phi) is 4.69. The van der Waals surface area contributed by atoms with Crippen molar-refractivity contribution in [2.75, 3.05) is 0 Å². The van der Waals surface area contributed by atoms with E-state index in [-0.39, 0.29) is 29.7 Å². The predicted molar refractivity (Wildman–Crippen MR) is 180 cm³/mol. The Labute approximate surface area is 259 Å². The monoisotopic (exact) mass is 563 g/mol. The quantitative estimate of drug-likeness (QED) is 0.157. The molecule has 0 spiro atoms. The third-order valence-corrected chi connectivity index (χ3v) is 9.36. The summed E-state index contributed by atoms with van der Waals surface area (Å²) in [6.07, 6.45) is -0.500. The molecular formula is C41H34O2. The fourth-order valence-corrected chi connectivity index (χ4v) is 6.52. The van der Waals surface area contributed by atoms with Crippen molar-refractivity contribution >= 4 is 43.1 Å². The molecular weight excluding hydrogens is 524 g/mol. The van der Waals surface area contributed by atoms with Crippen molar-refractivity contribution in [2.24, 2.45) is 0 Å². The zero-order chi connectivity index (χ0) is 33.7. The summed E-state index contributed by atoms with van der Waals surface area (Å²) in [6.45, 7) is 8.25. The summed E-state index contributed by atoms with van der Waals surface area (Å²) in [4.78, 5) is 0. The number of ether oxygens (including phenoxy) is 2. The molecule has 7 aromatic carbocycles. The Hall–Kier alpha value is -4.50. The molecule has 2 nitrogen and oxygen atoms in total. The normalized spacial score (nSPS) is 18.1. The first-order valence-corrected chi connectivity index (χ1v) is 14.7. The van der Waals surface area contributed by atoms with Crippen LogP contribution in [0.4, 0.5) is 0 Å². The Morgan fingerprint density at radius 2 is 1.07 bits per heavy atom. The number of benzene rings is 7. The maximum absolute atomic E-state index is 8.89. The average molecular weight is 564 g/mol. The third kappa shape index (κ3) is 4.01. The van der Waals surface area contributed by atoms with Crippen LogP contribution in [0.3, 0.4) is 0 Å². The Morgan fingerprint density at radius 3 is 1.67 bits per heavy atom. The lowest BCUT2D eigenvalue weighted by Gasteiger charge is -2.30. The topological polar surface area (TPSA) is 18.5 Å². The van der Waals surface area contributed by atoms with Gasteiger partial charge in [0.2, 0.25) is 0 Å². The third-order valence-electron chi connectivity index (χ3n) is 9.36. The molecule has 1 aliphatic rings. The van der Waals surface area contributed by atoms with E-state index in [2.05, 4.69) is 82.3 Å². The Bertz CT molecular complexity index is 2380. The summed E-state index contributed by atoms with van der Waals surface area (Å²) >= 11 is 0. The van der Waals surface area contributed by atoms with Crippen LogP contribution in [0.5, 0.6) is 0 Å². The number of rotatable bonds is 3. The maximum atomic E-state index is 8.89. The first kappa shape index (κ1) is 21.2. The van der Waals surface area contributed by atoms with Gasteiger partial charge in [-0.15, -0.1) is 0 Å². The van der Waals surface area contributed by atoms with Crippen molar-refractivity contribution in [2.45, 2.75) is 45.2 Å². The van der Waals surface area contributed by atoms with Gasteiger partial charge in [0, 0.05) is 5.56 Å². The van der Waals surface area contributed by atoms with E-state index in [1.54, 1.807) is 0 Å². The molecule has 0 N–H and O–H groups in total. The number of hydrogen-bond acceptors (Lipinski definition) is 2. The fraction of sp³-hybridized carbons (Fsp3) is 0.171. The van der Waals surface area contributed by atoms with Crippen molar-refractivity contribution in [3.8, 4) is 22.3 Å². The van der Waals surface area contributed by atoms with Gasteiger partial charge in [0.25, 0.3) is 0 Å². The lowest BCUT2D eigenvalue weighted by molar-refractivity contribution is -0.0894. The van der Waals surface area contributed by atoms with Gasteiger partial charge in [-0.05, 0) is 105 Å². The van der Waals surface area contributed by atoms with Gasteiger partial charge in [-0.1, -0.05) is 115 Å². The van der Waals surface area contributed by atoms with Crippen LogP contribution >= 0.6 is 0 Å². The second kappa shape index (κ2) is 9.50. The Balaban J connectivity index is 1.47. The van der Waals surface area contributed by atoms with Crippen LogP contribution < -0.4 is 0 Å². The van der Waals surface area contributed by atoms with Crippen LogP contribution in [0.2, 0.25) is 0 Å². The van der Waals surface area contributed by atoms with Crippen LogP contribution in [-0.2, 0) is 9.47 Å². The number of fused-ring (bicyclic) bond motifs is 5. The minimum absolute atomic E-state index is 0.204. The minimum Gasteiger partial charge on any atom is -0.339 e. The minimum atomic E-state index is -0.500.